The molecule has 0 aliphatic heterocycles. The van der Waals surface area contributed by atoms with Gasteiger partial charge >= 0.3 is 5.97 Å². The number of aromatic carboxylic acids is 1. The molecule has 2 rings (SSSR count). The number of halogens is 2. The fourth-order valence-corrected chi connectivity index (χ4v) is 2.15. The van der Waals surface area contributed by atoms with E-state index in [1.54, 1.807) is 23.7 Å². The maximum Gasteiger partial charge on any atom is 0.339 e. The fourth-order valence-electron chi connectivity index (χ4n) is 1.52. The van der Waals surface area contributed by atoms with Crippen molar-refractivity contribution in [1.82, 2.24) is 9.55 Å². The van der Waals surface area contributed by atoms with Crippen LogP contribution in [0.3, 0.4) is 0 Å². The molecule has 7 heteroatoms. The molecule has 0 atom stereocenters. The Balaban J connectivity index is 2.24. The maximum absolute atomic E-state index is 11.1. The second kappa shape index (κ2) is 5.63. The molecule has 1 aromatic heterocycles. The monoisotopic (exact) mass is 344 g/mol. The van der Waals surface area contributed by atoms with Gasteiger partial charge in [0.1, 0.15) is 28.9 Å². The van der Waals surface area contributed by atoms with Crippen molar-refractivity contribution >= 4 is 33.5 Å². The zero-order valence-electron chi connectivity index (χ0n) is 9.93. The second-order valence-electron chi connectivity index (χ2n) is 3.77. The number of imidazole rings is 1. The van der Waals surface area contributed by atoms with Crippen molar-refractivity contribution < 1.29 is 14.6 Å². The average molecular weight is 346 g/mol. The lowest BCUT2D eigenvalue weighted by Gasteiger charge is -2.11. The second-order valence-corrected chi connectivity index (χ2v) is 5.01. The first-order valence-corrected chi connectivity index (χ1v) is 6.48. The van der Waals surface area contributed by atoms with Crippen molar-refractivity contribution in [2.24, 2.45) is 7.05 Å². The minimum atomic E-state index is -1.05. The van der Waals surface area contributed by atoms with Gasteiger partial charge < -0.3 is 14.4 Å². The van der Waals surface area contributed by atoms with Crippen LogP contribution in [0.2, 0.25) is 5.15 Å². The van der Waals surface area contributed by atoms with E-state index in [9.17, 15) is 4.79 Å². The maximum atomic E-state index is 11.1. The molecule has 0 unspecified atom stereocenters. The van der Waals surface area contributed by atoms with Gasteiger partial charge in [0.25, 0.3) is 0 Å². The van der Waals surface area contributed by atoms with Gasteiger partial charge in [0.05, 0.1) is 10.7 Å². The lowest BCUT2D eigenvalue weighted by atomic mass is 10.2. The number of benzene rings is 1. The quantitative estimate of drug-likeness (QED) is 0.925. The van der Waals surface area contributed by atoms with Crippen LogP contribution in [-0.4, -0.2) is 20.6 Å². The van der Waals surface area contributed by atoms with E-state index >= 15 is 0 Å². The lowest BCUT2D eigenvalue weighted by molar-refractivity contribution is 0.0691. The number of carbonyl (C=O) groups is 1. The molecule has 2 aromatic rings. The molecule has 5 nitrogen and oxygen atoms in total. The van der Waals surface area contributed by atoms with E-state index in [4.69, 9.17) is 21.4 Å². The van der Waals surface area contributed by atoms with Crippen LogP contribution in [0.5, 0.6) is 5.75 Å². The van der Waals surface area contributed by atoms with Gasteiger partial charge in [-0.2, -0.15) is 0 Å². The summed E-state index contributed by atoms with van der Waals surface area (Å²) in [4.78, 5) is 15.2. The first-order valence-electron chi connectivity index (χ1n) is 5.31. The number of carboxylic acid groups (broad SMARTS) is 1. The molecule has 0 amide bonds. The number of nitrogens with zero attached hydrogens (tertiary/aromatic N) is 2. The highest BCUT2D eigenvalue weighted by molar-refractivity contribution is 9.10. The molecular weight excluding hydrogens is 336 g/mol. The van der Waals surface area contributed by atoms with Gasteiger partial charge in [-0.05, 0) is 28.1 Å². The van der Waals surface area contributed by atoms with Crippen LogP contribution in [0.4, 0.5) is 0 Å². The van der Waals surface area contributed by atoms with Crippen LogP contribution < -0.4 is 4.74 Å². The average Bonchev–Trinajstić information content (AvgIpc) is 2.68. The van der Waals surface area contributed by atoms with Crippen LogP contribution in [-0.2, 0) is 13.7 Å². The van der Waals surface area contributed by atoms with E-state index in [1.165, 1.54) is 12.3 Å². The Hall–Kier alpha value is -1.53. The topological polar surface area (TPSA) is 64.4 Å². The third kappa shape index (κ3) is 2.90. The van der Waals surface area contributed by atoms with E-state index in [0.29, 0.717) is 15.5 Å². The first kappa shape index (κ1) is 13.9. The Morgan fingerprint density at radius 1 is 1.58 bits per heavy atom. The van der Waals surface area contributed by atoms with Gasteiger partial charge in [-0.3, -0.25) is 0 Å². The molecule has 0 fully saturated rings. The van der Waals surface area contributed by atoms with Crippen LogP contribution >= 0.6 is 27.5 Å². The molecule has 19 heavy (non-hydrogen) atoms. The molecule has 1 N–H and O–H groups in total. The highest BCUT2D eigenvalue weighted by Gasteiger charge is 2.15. The zero-order valence-corrected chi connectivity index (χ0v) is 12.3. The molecule has 0 aliphatic rings. The number of hydrogen-bond acceptors (Lipinski definition) is 3. The summed E-state index contributed by atoms with van der Waals surface area (Å²) in [5, 5.41) is 9.59. The number of carboxylic acids is 1. The van der Waals surface area contributed by atoms with Crippen LogP contribution in [0.15, 0.2) is 28.9 Å². The smallest absolute Gasteiger partial charge is 0.339 e. The third-order valence-corrected chi connectivity index (χ3v) is 3.55. The molecule has 0 bridgehead atoms. The van der Waals surface area contributed by atoms with Crippen molar-refractivity contribution in [3.8, 4) is 5.75 Å². The number of hydrogen-bond donors (Lipinski definition) is 1. The van der Waals surface area contributed by atoms with E-state index < -0.39 is 5.97 Å². The molecule has 0 radical (unpaired) electrons. The Kier molecular flexibility index (Phi) is 4.11. The Labute approximate surface area is 122 Å². The van der Waals surface area contributed by atoms with Crippen molar-refractivity contribution in [2.45, 2.75) is 6.61 Å². The van der Waals surface area contributed by atoms with Gasteiger partial charge in [0.15, 0.2) is 0 Å². The van der Waals surface area contributed by atoms with Crippen molar-refractivity contribution in [1.29, 1.82) is 0 Å². The summed E-state index contributed by atoms with van der Waals surface area (Å²) in [5.41, 5.74) is 0.0923. The predicted molar refractivity (Wildman–Crippen MR) is 73.7 cm³/mol. The minimum Gasteiger partial charge on any atom is -0.484 e. The van der Waals surface area contributed by atoms with E-state index in [1.807, 2.05) is 0 Å². The molecule has 0 spiro atoms. The summed E-state index contributed by atoms with van der Waals surface area (Å²) in [6, 6.07) is 4.83. The van der Waals surface area contributed by atoms with Gasteiger partial charge in [-0.1, -0.05) is 17.7 Å². The van der Waals surface area contributed by atoms with Gasteiger partial charge in [0, 0.05) is 7.05 Å². The molecule has 1 aromatic carbocycles. The highest BCUT2D eigenvalue weighted by atomic mass is 79.9. The summed E-state index contributed by atoms with van der Waals surface area (Å²) < 4.78 is 7.78. The van der Waals surface area contributed by atoms with E-state index in [2.05, 4.69) is 20.9 Å². The molecule has 1 heterocycles. The van der Waals surface area contributed by atoms with E-state index in [-0.39, 0.29) is 17.9 Å². The fraction of sp³-hybridized carbons (Fsp3) is 0.167. The number of aromatic nitrogens is 2. The normalized spacial score (nSPS) is 10.5. The van der Waals surface area contributed by atoms with Crippen LogP contribution in [0.1, 0.15) is 16.2 Å². The molecule has 100 valence electrons. The SMILES string of the molecule is Cn1c(Cl)cnc1COc1c(Br)cccc1C(=O)O. The molecule has 0 saturated carbocycles. The van der Waals surface area contributed by atoms with Crippen molar-refractivity contribution in [3.05, 3.63) is 45.4 Å². The minimum absolute atomic E-state index is 0.0923. The van der Waals surface area contributed by atoms with Crippen LogP contribution in [0.25, 0.3) is 0 Å². The summed E-state index contributed by atoms with van der Waals surface area (Å²) in [6.07, 6.45) is 1.51. The van der Waals surface area contributed by atoms with Gasteiger partial charge in [-0.25, -0.2) is 9.78 Å². The highest BCUT2D eigenvalue weighted by Crippen LogP contribution is 2.29. The summed E-state index contributed by atoms with van der Waals surface area (Å²) in [5.74, 6) is -0.166. The van der Waals surface area contributed by atoms with Gasteiger partial charge in [-0.15, -0.1) is 0 Å². The molecular formula is C12H10BrClN2O3. The predicted octanol–water partition coefficient (Wildman–Crippen LogP) is 3.11. The first-order chi connectivity index (χ1) is 9.00. The Morgan fingerprint density at radius 2 is 2.32 bits per heavy atom. The molecule has 0 saturated heterocycles. The summed E-state index contributed by atoms with van der Waals surface area (Å²) >= 11 is 9.14. The largest absolute Gasteiger partial charge is 0.484 e. The van der Waals surface area contributed by atoms with Crippen molar-refractivity contribution in [2.75, 3.05) is 0 Å². The number of ether oxygens (including phenoxy) is 1. The Morgan fingerprint density at radius 3 is 2.89 bits per heavy atom. The lowest BCUT2D eigenvalue weighted by Crippen LogP contribution is -2.07. The third-order valence-electron chi connectivity index (χ3n) is 2.57. The Bertz CT molecular complexity index is 627. The standard InChI is InChI=1S/C12H10BrClN2O3/c1-16-9(14)5-15-10(16)6-19-11-7(12(17)18)3-2-4-8(11)13/h2-5H,6H2,1H3,(H,17,18). The van der Waals surface area contributed by atoms with Crippen molar-refractivity contribution in [3.63, 3.8) is 0 Å². The number of para-hydroxylation sites is 1. The van der Waals surface area contributed by atoms with Gasteiger partial charge in [0.2, 0.25) is 0 Å². The van der Waals surface area contributed by atoms with E-state index in [0.717, 1.165) is 0 Å². The molecule has 0 aliphatic carbocycles. The summed E-state index contributed by atoms with van der Waals surface area (Å²) in [7, 11) is 1.76. The summed E-state index contributed by atoms with van der Waals surface area (Å²) in [6.45, 7) is 0.131. The number of rotatable bonds is 4. The zero-order chi connectivity index (χ0) is 14.0. The van der Waals surface area contributed by atoms with Crippen LogP contribution in [0, 0.1) is 0 Å².